The molecule has 1 N–H and O–H groups in total. The Morgan fingerprint density at radius 3 is 2.37 bits per heavy atom. The van der Waals surface area contributed by atoms with Gasteiger partial charge in [-0.3, -0.25) is 0 Å². The lowest BCUT2D eigenvalue weighted by atomic mass is 10.1. The Bertz CT molecular complexity index is 810. The number of urea groups is 1. The molecule has 2 aromatic carbocycles. The minimum Gasteiger partial charge on any atom is -0.486 e. The maximum atomic E-state index is 13.0. The first-order chi connectivity index (χ1) is 12.8. The molecule has 2 aromatic rings. The Hall–Kier alpha value is -2.70. The van der Waals surface area contributed by atoms with Crippen LogP contribution >= 0.6 is 0 Å². The van der Waals surface area contributed by atoms with Crippen LogP contribution in [0.25, 0.3) is 0 Å². The number of nitrogens with zero attached hydrogens (tertiary/aromatic N) is 1. The summed E-state index contributed by atoms with van der Waals surface area (Å²) in [5.74, 6) is 0.821. The highest BCUT2D eigenvalue weighted by atomic mass is 19.4. The van der Waals surface area contributed by atoms with Crippen LogP contribution in [0.1, 0.15) is 22.3 Å². The van der Waals surface area contributed by atoms with Crippen molar-refractivity contribution in [2.24, 2.45) is 0 Å². The first-order valence-corrected chi connectivity index (χ1v) is 8.66. The fraction of sp³-hybridized carbons (Fsp3) is 0.350. The van der Waals surface area contributed by atoms with Crippen molar-refractivity contribution in [3.05, 3.63) is 64.7 Å². The van der Waals surface area contributed by atoms with Gasteiger partial charge >= 0.3 is 12.2 Å². The molecule has 1 fully saturated rings. The van der Waals surface area contributed by atoms with Crippen LogP contribution in [0, 0.1) is 13.8 Å². The summed E-state index contributed by atoms with van der Waals surface area (Å²) < 4.78 is 44.9. The number of aryl methyl sites for hydroxylation is 2. The van der Waals surface area contributed by atoms with Gasteiger partial charge in [0.25, 0.3) is 0 Å². The van der Waals surface area contributed by atoms with Crippen LogP contribution in [-0.2, 0) is 12.7 Å². The van der Waals surface area contributed by atoms with Gasteiger partial charge in [-0.05, 0) is 36.6 Å². The Labute approximate surface area is 155 Å². The largest absolute Gasteiger partial charge is 0.486 e. The molecule has 1 heterocycles. The molecule has 0 spiro atoms. The van der Waals surface area contributed by atoms with Crippen LogP contribution in [0.15, 0.2) is 42.5 Å². The number of carbonyl (C=O) groups is 1. The first kappa shape index (κ1) is 19.1. The zero-order valence-electron chi connectivity index (χ0n) is 15.1. The molecule has 3 rings (SSSR count). The third kappa shape index (κ3) is 4.35. The van der Waals surface area contributed by atoms with Crippen molar-refractivity contribution in [1.82, 2.24) is 10.2 Å². The zero-order chi connectivity index (χ0) is 19.6. The molecule has 0 bridgehead atoms. The van der Waals surface area contributed by atoms with Crippen molar-refractivity contribution < 1.29 is 22.7 Å². The van der Waals surface area contributed by atoms with Crippen molar-refractivity contribution in [2.75, 3.05) is 13.1 Å². The summed E-state index contributed by atoms with van der Waals surface area (Å²) in [6.45, 7) is 4.56. The van der Waals surface area contributed by atoms with Crippen LogP contribution in [0.4, 0.5) is 18.0 Å². The van der Waals surface area contributed by atoms with Gasteiger partial charge in [0.2, 0.25) is 0 Å². The predicted molar refractivity (Wildman–Crippen MR) is 95.6 cm³/mol. The summed E-state index contributed by atoms with van der Waals surface area (Å²) in [6.07, 6.45) is -4.56. The highest BCUT2D eigenvalue weighted by molar-refractivity contribution is 5.75. The van der Waals surface area contributed by atoms with Gasteiger partial charge in [-0.2, -0.15) is 13.2 Å². The number of rotatable bonds is 4. The molecule has 0 radical (unpaired) electrons. The minimum absolute atomic E-state index is 0.0437. The van der Waals surface area contributed by atoms with Crippen LogP contribution in [0.2, 0.25) is 0 Å². The highest BCUT2D eigenvalue weighted by Crippen LogP contribution is 2.32. The second-order valence-electron chi connectivity index (χ2n) is 6.68. The normalized spacial score (nSPS) is 14.6. The first-order valence-electron chi connectivity index (χ1n) is 8.66. The van der Waals surface area contributed by atoms with Crippen molar-refractivity contribution in [3.63, 3.8) is 0 Å². The number of halogens is 3. The van der Waals surface area contributed by atoms with E-state index in [1.165, 1.54) is 23.1 Å². The molecule has 0 unspecified atom stereocenters. The molecule has 144 valence electrons. The standard InChI is InChI=1S/C20H21F3N2O2/c1-13-6-5-7-14(2)18(13)27-16-11-25(12-16)19(26)24-10-15-8-3-4-9-17(15)20(21,22)23/h3-9,16H,10-12H2,1-2H3,(H,24,26). The summed E-state index contributed by atoms with van der Waals surface area (Å²) >= 11 is 0. The smallest absolute Gasteiger partial charge is 0.416 e. The van der Waals surface area contributed by atoms with E-state index in [1.54, 1.807) is 0 Å². The molecule has 0 saturated carbocycles. The number of hydrogen-bond donors (Lipinski definition) is 1. The number of para-hydroxylation sites is 1. The van der Waals surface area contributed by atoms with Gasteiger partial charge in [-0.15, -0.1) is 0 Å². The lowest BCUT2D eigenvalue weighted by Crippen LogP contribution is -2.58. The number of carbonyl (C=O) groups excluding carboxylic acids is 1. The molecule has 27 heavy (non-hydrogen) atoms. The number of benzene rings is 2. The minimum atomic E-state index is -4.44. The molecular weight excluding hydrogens is 357 g/mol. The van der Waals surface area contributed by atoms with E-state index in [4.69, 9.17) is 4.74 Å². The van der Waals surface area contributed by atoms with Gasteiger partial charge in [0.05, 0.1) is 18.7 Å². The van der Waals surface area contributed by atoms with Crippen molar-refractivity contribution in [1.29, 1.82) is 0 Å². The fourth-order valence-corrected chi connectivity index (χ4v) is 3.06. The Morgan fingerprint density at radius 1 is 1.11 bits per heavy atom. The van der Waals surface area contributed by atoms with Gasteiger partial charge in [0.15, 0.2) is 0 Å². The lowest BCUT2D eigenvalue weighted by Gasteiger charge is -2.39. The summed E-state index contributed by atoms with van der Waals surface area (Å²) in [5.41, 5.74) is 1.37. The maximum Gasteiger partial charge on any atom is 0.416 e. The average molecular weight is 378 g/mol. The number of alkyl halides is 3. The van der Waals surface area contributed by atoms with Crippen LogP contribution in [-0.4, -0.2) is 30.1 Å². The molecule has 0 aromatic heterocycles. The summed E-state index contributed by atoms with van der Waals surface area (Å²) in [7, 11) is 0. The molecule has 0 atom stereocenters. The predicted octanol–water partition coefficient (Wildman–Crippen LogP) is 4.30. The quantitative estimate of drug-likeness (QED) is 0.862. The number of nitrogens with one attached hydrogen (secondary N) is 1. The average Bonchev–Trinajstić information content (AvgIpc) is 2.57. The van der Waals surface area contributed by atoms with Crippen LogP contribution in [0.3, 0.4) is 0 Å². The molecular formula is C20H21F3N2O2. The van der Waals surface area contributed by atoms with E-state index < -0.39 is 17.8 Å². The van der Waals surface area contributed by atoms with E-state index in [0.29, 0.717) is 13.1 Å². The van der Waals surface area contributed by atoms with E-state index in [0.717, 1.165) is 22.9 Å². The molecule has 0 aliphatic carbocycles. The van der Waals surface area contributed by atoms with E-state index in [1.807, 2.05) is 32.0 Å². The van der Waals surface area contributed by atoms with E-state index in [9.17, 15) is 18.0 Å². The van der Waals surface area contributed by atoms with Gasteiger partial charge in [-0.25, -0.2) is 4.79 Å². The molecule has 1 aliphatic heterocycles. The summed E-state index contributed by atoms with van der Waals surface area (Å²) in [6, 6.07) is 10.7. The SMILES string of the molecule is Cc1cccc(C)c1OC1CN(C(=O)NCc2ccccc2C(F)(F)F)C1. The highest BCUT2D eigenvalue weighted by Gasteiger charge is 2.35. The monoisotopic (exact) mass is 378 g/mol. The van der Waals surface area contributed by atoms with Crippen LogP contribution < -0.4 is 10.1 Å². The topological polar surface area (TPSA) is 41.6 Å². The van der Waals surface area contributed by atoms with Crippen molar-refractivity contribution in [2.45, 2.75) is 32.7 Å². The second-order valence-corrected chi connectivity index (χ2v) is 6.68. The van der Waals surface area contributed by atoms with Gasteiger partial charge < -0.3 is 15.0 Å². The third-order valence-electron chi connectivity index (χ3n) is 4.58. The molecule has 1 aliphatic rings. The van der Waals surface area contributed by atoms with Crippen molar-refractivity contribution >= 4 is 6.03 Å². The Kier molecular flexibility index (Phi) is 5.30. The van der Waals surface area contributed by atoms with Gasteiger partial charge in [0.1, 0.15) is 11.9 Å². The fourth-order valence-electron chi connectivity index (χ4n) is 3.06. The summed E-state index contributed by atoms with van der Waals surface area (Å²) in [4.78, 5) is 13.7. The van der Waals surface area contributed by atoms with Gasteiger partial charge in [-0.1, -0.05) is 36.4 Å². The maximum absolute atomic E-state index is 13.0. The van der Waals surface area contributed by atoms with Crippen molar-refractivity contribution in [3.8, 4) is 5.75 Å². The molecule has 2 amide bonds. The molecule has 4 nitrogen and oxygen atoms in total. The summed E-state index contributed by atoms with van der Waals surface area (Å²) in [5, 5.41) is 2.55. The number of amides is 2. The second kappa shape index (κ2) is 7.50. The van der Waals surface area contributed by atoms with E-state index in [2.05, 4.69) is 5.32 Å². The van der Waals surface area contributed by atoms with Crippen LogP contribution in [0.5, 0.6) is 5.75 Å². The Morgan fingerprint density at radius 2 is 1.74 bits per heavy atom. The number of hydrogen-bond acceptors (Lipinski definition) is 2. The van der Waals surface area contributed by atoms with E-state index >= 15 is 0 Å². The Balaban J connectivity index is 1.52. The zero-order valence-corrected chi connectivity index (χ0v) is 15.1. The number of likely N-dealkylation sites (tertiary alicyclic amines) is 1. The molecule has 7 heteroatoms. The lowest BCUT2D eigenvalue weighted by molar-refractivity contribution is -0.138. The van der Waals surface area contributed by atoms with Gasteiger partial charge in [0, 0.05) is 6.54 Å². The van der Waals surface area contributed by atoms with E-state index in [-0.39, 0.29) is 18.2 Å². The number of ether oxygens (including phenoxy) is 1. The molecule has 1 saturated heterocycles. The third-order valence-corrected chi connectivity index (χ3v) is 4.58.